The molecule has 3 heterocycles. The third kappa shape index (κ3) is 6.48. The molecule has 2 atom stereocenters. The lowest BCUT2D eigenvalue weighted by molar-refractivity contribution is -0.131. The maximum absolute atomic E-state index is 13.4. The standard InChI is InChI=1S/C33H36N4O7/c1-21-7-9-27-26(13-21)37(33(40)44-27)12-11-32(39)36-17-25-30(18-36)42-20-23-5-4-6-24(14-23)43-29-15-22(8-10-28(29)41-3)16-35(2)19-31(38)34-25/h4-10,13-15,25,30H,11-12,16-20H2,1-3H3,(H,34,38)/t25-,30-/m0/s1. The Kier molecular flexibility index (Phi) is 8.40. The summed E-state index contributed by atoms with van der Waals surface area (Å²) in [6, 6.07) is 18.5. The van der Waals surface area contributed by atoms with Crippen molar-refractivity contribution >= 4 is 22.9 Å². The van der Waals surface area contributed by atoms with Gasteiger partial charge in [-0.1, -0.05) is 24.3 Å². The molecule has 0 unspecified atom stereocenters. The zero-order chi connectivity index (χ0) is 30.8. The van der Waals surface area contributed by atoms with Crippen LogP contribution in [0.1, 0.15) is 23.1 Å². The second-order valence-corrected chi connectivity index (χ2v) is 11.5. The number of likely N-dealkylation sites (N-methyl/N-ethyl adjacent to an activating group) is 1. The fourth-order valence-electron chi connectivity index (χ4n) is 5.83. The molecule has 3 aromatic carbocycles. The molecule has 11 heteroatoms. The number of aromatic nitrogens is 1. The maximum atomic E-state index is 13.4. The number of fused-ring (bicyclic) bond motifs is 6. The average molecular weight is 601 g/mol. The Morgan fingerprint density at radius 1 is 1.02 bits per heavy atom. The summed E-state index contributed by atoms with van der Waals surface area (Å²) in [5.41, 5.74) is 4.01. The van der Waals surface area contributed by atoms with Crippen LogP contribution in [-0.4, -0.2) is 72.1 Å². The van der Waals surface area contributed by atoms with Gasteiger partial charge in [0.25, 0.3) is 0 Å². The van der Waals surface area contributed by atoms with Crippen molar-refractivity contribution in [2.75, 3.05) is 33.8 Å². The van der Waals surface area contributed by atoms with Crippen LogP contribution in [0.3, 0.4) is 0 Å². The molecule has 230 valence electrons. The van der Waals surface area contributed by atoms with Crippen molar-refractivity contribution in [3.63, 3.8) is 0 Å². The molecule has 2 aliphatic rings. The molecule has 1 aromatic heterocycles. The number of ether oxygens (including phenoxy) is 3. The van der Waals surface area contributed by atoms with Gasteiger partial charge in [-0.15, -0.1) is 0 Å². The number of amides is 2. The number of carbonyl (C=O) groups is 2. The van der Waals surface area contributed by atoms with Crippen molar-refractivity contribution in [2.24, 2.45) is 0 Å². The Balaban J connectivity index is 1.19. The van der Waals surface area contributed by atoms with E-state index in [0.717, 1.165) is 16.7 Å². The second kappa shape index (κ2) is 12.6. The lowest BCUT2D eigenvalue weighted by atomic mass is 10.1. The number of aryl methyl sites for hydroxylation is 2. The van der Waals surface area contributed by atoms with Crippen LogP contribution in [-0.2, 0) is 34.0 Å². The molecule has 4 aromatic rings. The summed E-state index contributed by atoms with van der Waals surface area (Å²) in [5, 5.41) is 3.10. The fourth-order valence-corrected chi connectivity index (χ4v) is 5.83. The summed E-state index contributed by atoms with van der Waals surface area (Å²) >= 11 is 0. The van der Waals surface area contributed by atoms with E-state index in [4.69, 9.17) is 18.6 Å². The smallest absolute Gasteiger partial charge is 0.419 e. The van der Waals surface area contributed by atoms with E-state index in [1.807, 2.05) is 73.5 Å². The van der Waals surface area contributed by atoms with Crippen LogP contribution < -0.4 is 20.5 Å². The Labute approximate surface area is 254 Å². The molecule has 6 rings (SSSR count). The molecular weight excluding hydrogens is 564 g/mol. The van der Waals surface area contributed by atoms with E-state index < -0.39 is 11.9 Å². The third-order valence-corrected chi connectivity index (χ3v) is 8.02. The number of oxazole rings is 1. The number of benzene rings is 3. The fraction of sp³-hybridized carbons (Fsp3) is 0.364. The summed E-state index contributed by atoms with van der Waals surface area (Å²) < 4.78 is 24.9. The van der Waals surface area contributed by atoms with Gasteiger partial charge >= 0.3 is 5.76 Å². The van der Waals surface area contributed by atoms with Gasteiger partial charge in [0.2, 0.25) is 11.8 Å². The van der Waals surface area contributed by atoms with E-state index in [9.17, 15) is 14.4 Å². The molecule has 1 saturated heterocycles. The zero-order valence-electron chi connectivity index (χ0n) is 25.1. The van der Waals surface area contributed by atoms with Gasteiger partial charge in [-0.25, -0.2) is 4.79 Å². The van der Waals surface area contributed by atoms with Crippen LogP contribution in [0.25, 0.3) is 11.1 Å². The van der Waals surface area contributed by atoms with Gasteiger partial charge in [-0.05, 0) is 67.1 Å². The van der Waals surface area contributed by atoms with E-state index in [-0.39, 0.29) is 44.0 Å². The molecular formula is C33H36N4O7. The van der Waals surface area contributed by atoms with Crippen LogP contribution in [0.15, 0.2) is 69.9 Å². The summed E-state index contributed by atoms with van der Waals surface area (Å²) in [6.45, 7) is 3.70. The number of nitrogens with zero attached hydrogens (tertiary/aromatic N) is 3. The van der Waals surface area contributed by atoms with E-state index >= 15 is 0 Å². The lowest BCUT2D eigenvalue weighted by Crippen LogP contribution is -2.47. The molecule has 2 aliphatic heterocycles. The van der Waals surface area contributed by atoms with Gasteiger partial charge in [0.1, 0.15) is 5.75 Å². The maximum Gasteiger partial charge on any atom is 0.419 e. The normalized spacial score (nSPS) is 19.3. The van der Waals surface area contributed by atoms with Gasteiger partial charge in [0, 0.05) is 32.6 Å². The Hall–Kier alpha value is -4.61. The predicted octanol–water partition coefficient (Wildman–Crippen LogP) is 3.45. The Bertz CT molecular complexity index is 1750. The van der Waals surface area contributed by atoms with Gasteiger partial charge in [-0.3, -0.25) is 19.1 Å². The van der Waals surface area contributed by atoms with Crippen molar-refractivity contribution in [3.8, 4) is 17.2 Å². The highest BCUT2D eigenvalue weighted by atomic mass is 16.5. The highest BCUT2D eigenvalue weighted by Crippen LogP contribution is 2.33. The van der Waals surface area contributed by atoms with Gasteiger partial charge in [0.15, 0.2) is 17.1 Å². The Morgan fingerprint density at radius 2 is 1.89 bits per heavy atom. The number of likely N-dealkylation sites (tertiary alicyclic amines) is 1. The average Bonchev–Trinajstić information content (AvgIpc) is 3.53. The molecule has 0 saturated carbocycles. The quantitative estimate of drug-likeness (QED) is 0.379. The predicted molar refractivity (Wildman–Crippen MR) is 163 cm³/mol. The summed E-state index contributed by atoms with van der Waals surface area (Å²) in [5.74, 6) is 1.06. The van der Waals surface area contributed by atoms with E-state index in [1.54, 1.807) is 18.1 Å². The number of nitrogens with one attached hydrogen (secondary N) is 1. The number of methoxy groups -OCH3 is 1. The van der Waals surface area contributed by atoms with Crippen molar-refractivity contribution < 1.29 is 28.2 Å². The van der Waals surface area contributed by atoms with Crippen molar-refractivity contribution in [1.29, 1.82) is 0 Å². The molecule has 0 aliphatic carbocycles. The first-order valence-corrected chi connectivity index (χ1v) is 14.7. The minimum absolute atomic E-state index is 0.111. The van der Waals surface area contributed by atoms with Crippen molar-refractivity contribution in [1.82, 2.24) is 19.7 Å². The van der Waals surface area contributed by atoms with Crippen LogP contribution in [0.2, 0.25) is 0 Å². The lowest BCUT2D eigenvalue weighted by Gasteiger charge is -2.23. The summed E-state index contributed by atoms with van der Waals surface area (Å²) in [4.78, 5) is 42.6. The molecule has 1 N–H and O–H groups in total. The first-order valence-electron chi connectivity index (χ1n) is 14.7. The highest BCUT2D eigenvalue weighted by Gasteiger charge is 2.37. The molecule has 4 bridgehead atoms. The zero-order valence-corrected chi connectivity index (χ0v) is 25.1. The molecule has 2 amide bonds. The van der Waals surface area contributed by atoms with Crippen molar-refractivity contribution in [3.05, 3.63) is 87.9 Å². The van der Waals surface area contributed by atoms with Crippen LogP contribution in [0.5, 0.6) is 17.2 Å². The second-order valence-electron chi connectivity index (χ2n) is 11.5. The largest absolute Gasteiger partial charge is 0.493 e. The third-order valence-electron chi connectivity index (χ3n) is 8.02. The number of hydrogen-bond donors (Lipinski definition) is 1. The molecule has 0 radical (unpaired) electrons. The highest BCUT2D eigenvalue weighted by molar-refractivity contribution is 5.80. The van der Waals surface area contributed by atoms with E-state index in [0.29, 0.717) is 48.0 Å². The minimum Gasteiger partial charge on any atom is -0.493 e. The molecule has 11 nitrogen and oxygen atoms in total. The van der Waals surface area contributed by atoms with E-state index in [1.165, 1.54) is 4.57 Å². The minimum atomic E-state index is -0.490. The summed E-state index contributed by atoms with van der Waals surface area (Å²) in [7, 11) is 3.47. The van der Waals surface area contributed by atoms with Crippen LogP contribution >= 0.6 is 0 Å². The first-order chi connectivity index (χ1) is 21.2. The van der Waals surface area contributed by atoms with Gasteiger partial charge < -0.3 is 28.8 Å². The van der Waals surface area contributed by atoms with Crippen molar-refractivity contribution in [2.45, 2.75) is 45.2 Å². The molecule has 1 fully saturated rings. The van der Waals surface area contributed by atoms with Crippen LogP contribution in [0.4, 0.5) is 0 Å². The molecule has 0 spiro atoms. The van der Waals surface area contributed by atoms with Crippen LogP contribution in [0, 0.1) is 6.92 Å². The first kappa shape index (κ1) is 29.5. The van der Waals surface area contributed by atoms with Gasteiger partial charge in [0.05, 0.1) is 37.9 Å². The van der Waals surface area contributed by atoms with E-state index in [2.05, 4.69) is 5.32 Å². The number of carbonyl (C=O) groups excluding carboxylic acids is 2. The summed E-state index contributed by atoms with van der Waals surface area (Å²) in [6.07, 6.45) is -0.307. The SMILES string of the molecule is COc1ccc2cc1Oc1cccc(c1)CO[C@H]1CN(C(=O)CCn3c(=O)oc4ccc(C)cc43)C[C@@H]1NC(=O)CN(C)C2. The number of hydrogen-bond acceptors (Lipinski definition) is 8. The number of rotatable bonds is 4. The Morgan fingerprint density at radius 3 is 2.73 bits per heavy atom. The topological polar surface area (TPSA) is 115 Å². The monoisotopic (exact) mass is 600 g/mol. The molecule has 44 heavy (non-hydrogen) atoms. The van der Waals surface area contributed by atoms with Gasteiger partial charge in [-0.2, -0.15) is 0 Å².